The molecule has 4 nitrogen and oxygen atoms in total. The van der Waals surface area contributed by atoms with Crippen LogP contribution in [0.15, 0.2) is 34.7 Å². The van der Waals surface area contributed by atoms with Gasteiger partial charge in [-0.2, -0.15) is 0 Å². The van der Waals surface area contributed by atoms with Crippen LogP contribution in [0.25, 0.3) is 11.3 Å². The minimum Gasteiger partial charge on any atom is -0.480 e. The Labute approximate surface area is 105 Å². The third-order valence-corrected chi connectivity index (χ3v) is 2.69. The summed E-state index contributed by atoms with van der Waals surface area (Å²) in [6.45, 7) is 3.73. The molecule has 4 heteroatoms. The molecule has 1 heterocycles. The maximum atomic E-state index is 10.6. The number of aryl methyl sites for hydroxylation is 2. The second-order valence-electron chi connectivity index (χ2n) is 4.19. The van der Waals surface area contributed by atoms with Gasteiger partial charge in [0.2, 0.25) is 0 Å². The minimum atomic E-state index is -0.881. The highest BCUT2D eigenvalue weighted by molar-refractivity contribution is 5.74. The SMILES string of the molecule is Cc1ccc(-c2ccc(C)c(NCC(=O)O)c2)o1. The van der Waals surface area contributed by atoms with Crippen LogP contribution < -0.4 is 5.32 Å². The topological polar surface area (TPSA) is 62.5 Å². The first-order valence-corrected chi connectivity index (χ1v) is 5.69. The molecule has 1 aromatic heterocycles. The molecule has 0 saturated heterocycles. The maximum absolute atomic E-state index is 10.6. The number of furan rings is 1. The largest absolute Gasteiger partial charge is 0.480 e. The fourth-order valence-corrected chi connectivity index (χ4v) is 1.73. The Morgan fingerprint density at radius 2 is 2.06 bits per heavy atom. The van der Waals surface area contributed by atoms with Crippen LogP contribution in [-0.2, 0) is 4.79 Å². The van der Waals surface area contributed by atoms with Crippen molar-refractivity contribution in [2.24, 2.45) is 0 Å². The average Bonchev–Trinajstić information content (AvgIpc) is 2.74. The lowest BCUT2D eigenvalue weighted by molar-refractivity contribution is -0.134. The van der Waals surface area contributed by atoms with E-state index in [2.05, 4.69) is 5.32 Å². The summed E-state index contributed by atoms with van der Waals surface area (Å²) in [5.74, 6) is 0.755. The number of benzene rings is 1. The van der Waals surface area contributed by atoms with Crippen molar-refractivity contribution in [2.75, 3.05) is 11.9 Å². The normalized spacial score (nSPS) is 10.3. The number of rotatable bonds is 4. The molecular formula is C14H15NO3. The van der Waals surface area contributed by atoms with Gasteiger partial charge in [0.05, 0.1) is 0 Å². The molecule has 2 aromatic rings. The van der Waals surface area contributed by atoms with Crippen molar-refractivity contribution in [3.05, 3.63) is 41.7 Å². The molecule has 2 N–H and O–H groups in total. The zero-order valence-electron chi connectivity index (χ0n) is 10.4. The van der Waals surface area contributed by atoms with Gasteiger partial charge in [0.15, 0.2) is 0 Å². The number of carbonyl (C=O) groups is 1. The van der Waals surface area contributed by atoms with Crippen LogP contribution in [-0.4, -0.2) is 17.6 Å². The van der Waals surface area contributed by atoms with E-state index in [-0.39, 0.29) is 6.54 Å². The monoisotopic (exact) mass is 245 g/mol. The molecule has 0 radical (unpaired) electrons. The lowest BCUT2D eigenvalue weighted by Gasteiger charge is -2.09. The van der Waals surface area contributed by atoms with Gasteiger partial charge in [-0.15, -0.1) is 0 Å². The van der Waals surface area contributed by atoms with E-state index in [1.165, 1.54) is 0 Å². The summed E-state index contributed by atoms with van der Waals surface area (Å²) in [6, 6.07) is 9.61. The van der Waals surface area contributed by atoms with E-state index in [1.54, 1.807) is 0 Å². The average molecular weight is 245 g/mol. The zero-order valence-corrected chi connectivity index (χ0v) is 10.4. The molecule has 0 bridgehead atoms. The summed E-state index contributed by atoms with van der Waals surface area (Å²) >= 11 is 0. The lowest BCUT2D eigenvalue weighted by atomic mass is 10.1. The molecule has 0 unspecified atom stereocenters. The molecule has 0 aliphatic heterocycles. The zero-order chi connectivity index (χ0) is 13.1. The van der Waals surface area contributed by atoms with Crippen molar-refractivity contribution < 1.29 is 14.3 Å². The van der Waals surface area contributed by atoms with Gasteiger partial charge in [-0.1, -0.05) is 12.1 Å². The van der Waals surface area contributed by atoms with Crippen LogP contribution >= 0.6 is 0 Å². The third-order valence-electron chi connectivity index (χ3n) is 2.69. The first-order valence-electron chi connectivity index (χ1n) is 5.69. The Balaban J connectivity index is 2.28. The minimum absolute atomic E-state index is 0.0958. The molecule has 18 heavy (non-hydrogen) atoms. The summed E-state index contributed by atoms with van der Waals surface area (Å²) in [5.41, 5.74) is 2.74. The van der Waals surface area contributed by atoms with Crippen molar-refractivity contribution in [1.82, 2.24) is 0 Å². The van der Waals surface area contributed by atoms with Crippen LogP contribution in [0.3, 0.4) is 0 Å². The van der Waals surface area contributed by atoms with Crippen LogP contribution in [0.4, 0.5) is 5.69 Å². The van der Waals surface area contributed by atoms with Gasteiger partial charge in [-0.3, -0.25) is 4.79 Å². The van der Waals surface area contributed by atoms with E-state index >= 15 is 0 Å². The molecule has 0 amide bonds. The van der Waals surface area contributed by atoms with E-state index in [0.29, 0.717) is 0 Å². The number of aliphatic carboxylic acids is 1. The molecule has 1 aromatic carbocycles. The number of carboxylic acids is 1. The molecule has 0 spiro atoms. The van der Waals surface area contributed by atoms with Crippen molar-refractivity contribution in [3.8, 4) is 11.3 Å². The molecule has 2 rings (SSSR count). The molecule has 94 valence electrons. The summed E-state index contributed by atoms with van der Waals surface area (Å²) < 4.78 is 5.55. The Morgan fingerprint density at radius 3 is 2.67 bits per heavy atom. The quantitative estimate of drug-likeness (QED) is 0.869. The summed E-state index contributed by atoms with van der Waals surface area (Å²) in [6.07, 6.45) is 0. The van der Waals surface area contributed by atoms with Crippen LogP contribution in [0, 0.1) is 13.8 Å². The second-order valence-corrected chi connectivity index (χ2v) is 4.19. The Hall–Kier alpha value is -2.23. The lowest BCUT2D eigenvalue weighted by Crippen LogP contribution is -2.12. The maximum Gasteiger partial charge on any atom is 0.322 e. The second kappa shape index (κ2) is 4.96. The van der Waals surface area contributed by atoms with Gasteiger partial charge in [0.1, 0.15) is 18.1 Å². The van der Waals surface area contributed by atoms with E-state index in [1.807, 2.05) is 44.2 Å². The van der Waals surface area contributed by atoms with E-state index in [4.69, 9.17) is 9.52 Å². The number of anilines is 1. The standard InChI is InChI=1S/C14H15NO3/c1-9-3-5-11(13-6-4-10(2)18-13)7-12(9)15-8-14(16)17/h3-7,15H,8H2,1-2H3,(H,16,17). The number of hydrogen-bond donors (Lipinski definition) is 2. The van der Waals surface area contributed by atoms with Crippen molar-refractivity contribution in [1.29, 1.82) is 0 Å². The van der Waals surface area contributed by atoms with Crippen molar-refractivity contribution in [2.45, 2.75) is 13.8 Å². The highest BCUT2D eigenvalue weighted by Crippen LogP contribution is 2.26. The Kier molecular flexibility index (Phi) is 3.37. The number of nitrogens with one attached hydrogen (secondary N) is 1. The Bertz CT molecular complexity index is 572. The molecule has 0 atom stereocenters. The van der Waals surface area contributed by atoms with Gasteiger partial charge in [0, 0.05) is 11.3 Å². The van der Waals surface area contributed by atoms with Gasteiger partial charge in [0.25, 0.3) is 0 Å². The smallest absolute Gasteiger partial charge is 0.322 e. The first kappa shape index (κ1) is 12.2. The summed E-state index contributed by atoms with van der Waals surface area (Å²) in [7, 11) is 0. The molecule has 0 fully saturated rings. The molecule has 0 aliphatic carbocycles. The summed E-state index contributed by atoms with van der Waals surface area (Å²) in [4.78, 5) is 10.6. The highest BCUT2D eigenvalue weighted by Gasteiger charge is 2.06. The molecular weight excluding hydrogens is 230 g/mol. The third kappa shape index (κ3) is 2.71. The van der Waals surface area contributed by atoms with Crippen LogP contribution in [0.2, 0.25) is 0 Å². The van der Waals surface area contributed by atoms with E-state index in [9.17, 15) is 4.79 Å². The van der Waals surface area contributed by atoms with Crippen LogP contribution in [0.5, 0.6) is 0 Å². The van der Waals surface area contributed by atoms with Gasteiger partial charge >= 0.3 is 5.97 Å². The fraction of sp³-hybridized carbons (Fsp3) is 0.214. The predicted molar refractivity (Wildman–Crippen MR) is 69.7 cm³/mol. The highest BCUT2D eigenvalue weighted by atomic mass is 16.4. The molecule has 0 saturated carbocycles. The van der Waals surface area contributed by atoms with Crippen molar-refractivity contribution in [3.63, 3.8) is 0 Å². The fourth-order valence-electron chi connectivity index (χ4n) is 1.73. The molecule has 0 aliphatic rings. The van der Waals surface area contributed by atoms with E-state index < -0.39 is 5.97 Å². The van der Waals surface area contributed by atoms with Crippen LogP contribution in [0.1, 0.15) is 11.3 Å². The van der Waals surface area contributed by atoms with Gasteiger partial charge in [-0.25, -0.2) is 0 Å². The van der Waals surface area contributed by atoms with Crippen molar-refractivity contribution >= 4 is 11.7 Å². The van der Waals surface area contributed by atoms with Gasteiger partial charge in [-0.05, 0) is 37.6 Å². The Morgan fingerprint density at radius 1 is 1.28 bits per heavy atom. The summed E-state index contributed by atoms with van der Waals surface area (Å²) in [5, 5.41) is 11.6. The number of hydrogen-bond acceptors (Lipinski definition) is 3. The van der Waals surface area contributed by atoms with E-state index in [0.717, 1.165) is 28.3 Å². The predicted octanol–water partition coefficient (Wildman–Crippen LogP) is 3.06. The van der Waals surface area contributed by atoms with Gasteiger partial charge < -0.3 is 14.8 Å². The number of carboxylic acid groups (broad SMARTS) is 1. The first-order chi connectivity index (χ1) is 8.56.